The van der Waals surface area contributed by atoms with Crippen LogP contribution in [0, 0.1) is 12.7 Å². The maximum absolute atomic E-state index is 12.9. The molecule has 0 aliphatic carbocycles. The lowest BCUT2D eigenvalue weighted by molar-refractivity contribution is 0.618. The quantitative estimate of drug-likeness (QED) is 0.629. The van der Waals surface area contributed by atoms with Crippen molar-refractivity contribution in [2.24, 2.45) is 0 Å². The van der Waals surface area contributed by atoms with Crippen LogP contribution < -0.4 is 0 Å². The molecule has 0 atom stereocenters. The highest BCUT2D eigenvalue weighted by Crippen LogP contribution is 2.33. The van der Waals surface area contributed by atoms with E-state index >= 15 is 0 Å². The average Bonchev–Trinajstić information content (AvgIpc) is 2.00. The molecule has 0 radical (unpaired) electrons. The van der Waals surface area contributed by atoms with Crippen LogP contribution in [0.25, 0.3) is 0 Å². The Morgan fingerprint density at radius 1 is 1.33 bits per heavy atom. The summed E-state index contributed by atoms with van der Waals surface area (Å²) < 4.78 is 12.9. The third-order valence-electron chi connectivity index (χ3n) is 1.59. The Kier molecular flexibility index (Phi) is 3.22. The molecule has 0 bridgehead atoms. The highest BCUT2D eigenvalue weighted by molar-refractivity contribution is 6.45. The van der Waals surface area contributed by atoms with E-state index in [4.69, 9.17) is 34.8 Å². The summed E-state index contributed by atoms with van der Waals surface area (Å²) in [5.74, 6) is -0.349. The predicted molar refractivity (Wildman–Crippen MR) is 50.6 cm³/mol. The third kappa shape index (κ3) is 1.85. The van der Waals surface area contributed by atoms with Crippen molar-refractivity contribution in [3.63, 3.8) is 0 Å². The molecular formula is C8H6Cl3F. The van der Waals surface area contributed by atoms with Crippen LogP contribution >= 0.6 is 34.8 Å². The maximum atomic E-state index is 12.9. The number of rotatable bonds is 1. The molecule has 0 spiro atoms. The Morgan fingerprint density at radius 3 is 2.42 bits per heavy atom. The molecule has 0 aliphatic heterocycles. The summed E-state index contributed by atoms with van der Waals surface area (Å²) >= 11 is 17.0. The molecule has 1 aromatic rings. The van der Waals surface area contributed by atoms with Crippen molar-refractivity contribution in [1.82, 2.24) is 0 Å². The molecule has 0 aliphatic rings. The normalized spacial score (nSPS) is 10.8. The van der Waals surface area contributed by atoms with Gasteiger partial charge < -0.3 is 0 Å². The van der Waals surface area contributed by atoms with Crippen molar-refractivity contribution in [3.05, 3.63) is 34.1 Å². The second-order valence-corrected chi connectivity index (χ2v) is 3.85. The van der Waals surface area contributed by atoms with E-state index in [1.54, 1.807) is 6.92 Å². The fourth-order valence-electron chi connectivity index (χ4n) is 0.851. The summed E-state index contributed by atoms with van der Waals surface area (Å²) in [4.78, 5) is -0.711. The number of hydrogen-bond donors (Lipinski definition) is 0. The fourth-order valence-corrected chi connectivity index (χ4v) is 1.59. The molecule has 1 rings (SSSR count). The predicted octanol–water partition coefficient (Wildman–Crippen LogP) is 4.26. The van der Waals surface area contributed by atoms with Gasteiger partial charge in [0.1, 0.15) is 10.7 Å². The molecule has 12 heavy (non-hydrogen) atoms. The summed E-state index contributed by atoms with van der Waals surface area (Å²) in [6.07, 6.45) is 0. The van der Waals surface area contributed by atoms with Crippen molar-refractivity contribution in [1.29, 1.82) is 0 Å². The molecule has 0 nitrogen and oxygen atoms in total. The van der Waals surface area contributed by atoms with Crippen LogP contribution in [0.1, 0.15) is 16.0 Å². The number of halogens is 4. The topological polar surface area (TPSA) is 0 Å². The summed E-state index contributed by atoms with van der Waals surface area (Å²) in [6.45, 7) is 1.58. The molecule has 66 valence electrons. The number of benzene rings is 1. The summed E-state index contributed by atoms with van der Waals surface area (Å²) in [5.41, 5.74) is 0.916. The van der Waals surface area contributed by atoms with Crippen molar-refractivity contribution in [2.75, 3.05) is 0 Å². The fraction of sp³-hybridized carbons (Fsp3) is 0.250. The first-order chi connectivity index (χ1) is 5.54. The average molecular weight is 227 g/mol. The molecule has 0 fully saturated rings. The van der Waals surface area contributed by atoms with Crippen molar-refractivity contribution < 1.29 is 4.39 Å². The molecule has 0 N–H and O–H groups in total. The van der Waals surface area contributed by atoms with Gasteiger partial charge in [0, 0.05) is 11.1 Å². The van der Waals surface area contributed by atoms with Gasteiger partial charge in [0.15, 0.2) is 0 Å². The van der Waals surface area contributed by atoms with Crippen molar-refractivity contribution in [2.45, 2.75) is 11.8 Å². The minimum absolute atomic E-state index is 0.296. The molecule has 0 aromatic heterocycles. The second-order valence-electron chi connectivity index (χ2n) is 2.38. The van der Waals surface area contributed by atoms with Crippen LogP contribution in [-0.2, 0) is 0 Å². The minimum atomic E-state index is -0.711. The van der Waals surface area contributed by atoms with E-state index in [9.17, 15) is 4.39 Å². The molecule has 0 heterocycles. The number of alkyl halides is 2. The van der Waals surface area contributed by atoms with Crippen LogP contribution in [0.5, 0.6) is 0 Å². The van der Waals surface area contributed by atoms with Gasteiger partial charge in [0.25, 0.3) is 0 Å². The minimum Gasteiger partial charge on any atom is -0.207 e. The zero-order valence-corrected chi connectivity index (χ0v) is 8.51. The third-order valence-corrected chi connectivity index (χ3v) is 2.56. The first-order valence-electron chi connectivity index (χ1n) is 3.26. The van der Waals surface area contributed by atoms with Crippen molar-refractivity contribution >= 4 is 34.8 Å². The Bertz CT molecular complexity index is 297. The van der Waals surface area contributed by atoms with Gasteiger partial charge in [-0.1, -0.05) is 17.7 Å². The molecule has 1 aromatic carbocycles. The van der Waals surface area contributed by atoms with E-state index in [-0.39, 0.29) is 5.82 Å². The Morgan fingerprint density at radius 2 is 1.92 bits per heavy atom. The largest absolute Gasteiger partial charge is 0.207 e. The zero-order valence-electron chi connectivity index (χ0n) is 6.24. The van der Waals surface area contributed by atoms with E-state index in [0.29, 0.717) is 16.1 Å². The van der Waals surface area contributed by atoms with E-state index < -0.39 is 4.84 Å². The molecular weight excluding hydrogens is 221 g/mol. The van der Waals surface area contributed by atoms with Crippen molar-refractivity contribution in [3.8, 4) is 0 Å². The van der Waals surface area contributed by atoms with Crippen LogP contribution in [0.2, 0.25) is 5.02 Å². The van der Waals surface area contributed by atoms with Crippen LogP contribution in [0.4, 0.5) is 4.39 Å². The summed E-state index contributed by atoms with van der Waals surface area (Å²) in [6, 6.07) is 2.78. The highest BCUT2D eigenvalue weighted by atomic mass is 35.5. The van der Waals surface area contributed by atoms with E-state index in [1.165, 1.54) is 12.1 Å². The maximum Gasteiger partial charge on any atom is 0.134 e. The first kappa shape index (κ1) is 10.1. The molecule has 0 amide bonds. The van der Waals surface area contributed by atoms with E-state index in [2.05, 4.69) is 0 Å². The lowest BCUT2D eigenvalue weighted by atomic mass is 10.1. The number of hydrogen-bond acceptors (Lipinski definition) is 0. The smallest absolute Gasteiger partial charge is 0.134 e. The van der Waals surface area contributed by atoms with Gasteiger partial charge in [0.05, 0.1) is 5.02 Å². The Labute approximate surface area is 85.2 Å². The Balaban J connectivity index is 3.27. The van der Waals surface area contributed by atoms with Gasteiger partial charge in [-0.2, -0.15) is 0 Å². The van der Waals surface area contributed by atoms with Gasteiger partial charge in [-0.15, -0.1) is 23.2 Å². The molecule has 0 unspecified atom stereocenters. The zero-order chi connectivity index (χ0) is 9.30. The van der Waals surface area contributed by atoms with Gasteiger partial charge in [-0.25, -0.2) is 4.39 Å². The first-order valence-corrected chi connectivity index (χ1v) is 4.51. The van der Waals surface area contributed by atoms with Gasteiger partial charge >= 0.3 is 0 Å². The summed E-state index contributed by atoms with van der Waals surface area (Å²) in [7, 11) is 0. The van der Waals surface area contributed by atoms with Crippen LogP contribution in [-0.4, -0.2) is 0 Å². The lowest BCUT2D eigenvalue weighted by Gasteiger charge is -2.07. The monoisotopic (exact) mass is 226 g/mol. The lowest BCUT2D eigenvalue weighted by Crippen LogP contribution is -1.90. The van der Waals surface area contributed by atoms with Crippen LogP contribution in [0.3, 0.4) is 0 Å². The molecule has 0 saturated heterocycles. The van der Waals surface area contributed by atoms with E-state index in [1.807, 2.05) is 0 Å². The van der Waals surface area contributed by atoms with Gasteiger partial charge in [-0.05, 0) is 13.0 Å². The molecule has 4 heteroatoms. The SMILES string of the molecule is Cc1c(F)ccc(C(Cl)Cl)c1Cl. The van der Waals surface area contributed by atoms with Gasteiger partial charge in [0.2, 0.25) is 0 Å². The van der Waals surface area contributed by atoms with Gasteiger partial charge in [-0.3, -0.25) is 0 Å². The second kappa shape index (κ2) is 3.82. The van der Waals surface area contributed by atoms with Crippen LogP contribution in [0.15, 0.2) is 12.1 Å². The summed E-state index contributed by atoms with van der Waals surface area (Å²) in [5, 5.41) is 0.296. The highest BCUT2D eigenvalue weighted by Gasteiger charge is 2.12. The van der Waals surface area contributed by atoms with E-state index in [0.717, 1.165) is 0 Å². The standard InChI is InChI=1S/C8H6Cl3F/c1-4-6(12)3-2-5(7(4)9)8(10)11/h2-3,8H,1H3. The Hall–Kier alpha value is 0.0200. The molecule has 0 saturated carbocycles.